The minimum atomic E-state index is -0.154. The lowest BCUT2D eigenvalue weighted by Crippen LogP contribution is -2.52. The van der Waals surface area contributed by atoms with Crippen LogP contribution >= 0.6 is 0 Å². The van der Waals surface area contributed by atoms with E-state index in [4.69, 9.17) is 5.11 Å². The Labute approximate surface area is 137 Å². The molecule has 0 amide bonds. The van der Waals surface area contributed by atoms with Crippen molar-refractivity contribution in [1.29, 1.82) is 0 Å². The molecule has 4 atom stereocenters. The summed E-state index contributed by atoms with van der Waals surface area (Å²) in [4.78, 5) is 0. The second-order valence-electron chi connectivity index (χ2n) is 8.80. The van der Waals surface area contributed by atoms with E-state index in [0.29, 0.717) is 18.4 Å². The van der Waals surface area contributed by atoms with Crippen LogP contribution in [0.1, 0.15) is 79.6 Å². The Balaban J connectivity index is 2.21. The van der Waals surface area contributed by atoms with Crippen LogP contribution in [0.25, 0.3) is 0 Å². The van der Waals surface area contributed by atoms with Gasteiger partial charge in [-0.1, -0.05) is 38.8 Å². The quantitative estimate of drug-likeness (QED) is 0.723. The summed E-state index contributed by atoms with van der Waals surface area (Å²) in [6, 6.07) is 0. The second kappa shape index (κ2) is 6.65. The SMILES string of the molecule is CC1=C(CCC(C)CCO)[C@]2(C)CC[C@@H](O)C(C)(C)[C@H]2CC1. The molecule has 22 heavy (non-hydrogen) atoms. The Kier molecular flexibility index (Phi) is 5.44. The molecule has 0 spiro atoms. The van der Waals surface area contributed by atoms with E-state index in [9.17, 15) is 5.11 Å². The average Bonchev–Trinajstić information content (AvgIpc) is 2.43. The predicted octanol–water partition coefficient (Wildman–Crippen LogP) is 4.70. The third-order valence-electron chi connectivity index (χ3n) is 6.98. The molecule has 1 unspecified atom stereocenters. The number of allylic oxidation sites excluding steroid dienone is 2. The fraction of sp³-hybridized carbons (Fsp3) is 0.900. The molecule has 2 N–H and O–H groups in total. The van der Waals surface area contributed by atoms with Gasteiger partial charge in [-0.05, 0) is 74.5 Å². The number of hydrogen-bond acceptors (Lipinski definition) is 2. The normalized spacial score (nSPS) is 36.1. The number of hydrogen-bond donors (Lipinski definition) is 2. The molecule has 0 radical (unpaired) electrons. The van der Waals surface area contributed by atoms with Crippen LogP contribution in [0.5, 0.6) is 0 Å². The van der Waals surface area contributed by atoms with Gasteiger partial charge in [0, 0.05) is 6.61 Å². The Morgan fingerprint density at radius 1 is 1.18 bits per heavy atom. The zero-order valence-electron chi connectivity index (χ0n) is 15.3. The van der Waals surface area contributed by atoms with Crippen LogP contribution in [0, 0.1) is 22.7 Å². The van der Waals surface area contributed by atoms with Crippen molar-refractivity contribution in [2.45, 2.75) is 85.7 Å². The van der Waals surface area contributed by atoms with Gasteiger partial charge in [-0.15, -0.1) is 0 Å². The standard InChI is InChI=1S/C20H36O2/c1-14(11-13-21)6-8-16-15(2)7-9-17-19(3,4)18(22)10-12-20(16,17)5/h14,17-18,21-22H,6-13H2,1-5H3/t14?,17-,18-,20+/m1/s1. The molecule has 128 valence electrons. The zero-order chi connectivity index (χ0) is 16.5. The molecule has 0 aromatic heterocycles. The highest BCUT2D eigenvalue weighted by Gasteiger charge is 2.53. The van der Waals surface area contributed by atoms with Crippen molar-refractivity contribution in [2.75, 3.05) is 6.61 Å². The zero-order valence-corrected chi connectivity index (χ0v) is 15.3. The molecular weight excluding hydrogens is 272 g/mol. The van der Waals surface area contributed by atoms with Gasteiger partial charge in [-0.2, -0.15) is 0 Å². The first-order valence-electron chi connectivity index (χ1n) is 9.21. The van der Waals surface area contributed by atoms with E-state index in [1.807, 2.05) is 0 Å². The summed E-state index contributed by atoms with van der Waals surface area (Å²) < 4.78 is 0. The molecule has 0 aromatic carbocycles. The lowest BCUT2D eigenvalue weighted by Gasteiger charge is -2.57. The second-order valence-corrected chi connectivity index (χ2v) is 8.80. The van der Waals surface area contributed by atoms with Crippen molar-refractivity contribution in [3.8, 4) is 0 Å². The maximum atomic E-state index is 10.5. The molecule has 2 aliphatic carbocycles. The van der Waals surface area contributed by atoms with Crippen molar-refractivity contribution in [2.24, 2.45) is 22.7 Å². The maximum Gasteiger partial charge on any atom is 0.0594 e. The number of aliphatic hydroxyl groups is 2. The summed E-state index contributed by atoms with van der Waals surface area (Å²) in [5.74, 6) is 1.19. The molecule has 1 saturated carbocycles. The molecular formula is C20H36O2. The fourth-order valence-corrected chi connectivity index (χ4v) is 5.34. The molecule has 0 bridgehead atoms. The van der Waals surface area contributed by atoms with Gasteiger partial charge in [0.1, 0.15) is 0 Å². The minimum absolute atomic E-state index is 0.0235. The van der Waals surface area contributed by atoms with Crippen molar-refractivity contribution >= 4 is 0 Å². The largest absolute Gasteiger partial charge is 0.396 e. The molecule has 2 nitrogen and oxygen atoms in total. The van der Waals surface area contributed by atoms with E-state index < -0.39 is 0 Å². The predicted molar refractivity (Wildman–Crippen MR) is 92.7 cm³/mol. The molecule has 2 rings (SSSR count). The molecule has 1 fully saturated rings. The maximum absolute atomic E-state index is 10.5. The summed E-state index contributed by atoms with van der Waals surface area (Å²) >= 11 is 0. The molecule has 0 aromatic rings. The van der Waals surface area contributed by atoms with E-state index in [1.165, 1.54) is 25.7 Å². The highest BCUT2D eigenvalue weighted by Crippen LogP contribution is 2.60. The van der Waals surface area contributed by atoms with Crippen LogP contribution < -0.4 is 0 Å². The smallest absolute Gasteiger partial charge is 0.0594 e. The van der Waals surface area contributed by atoms with Crippen molar-refractivity contribution in [1.82, 2.24) is 0 Å². The lowest BCUT2D eigenvalue weighted by molar-refractivity contribution is -0.0894. The Morgan fingerprint density at radius 3 is 2.50 bits per heavy atom. The molecule has 0 heterocycles. The van der Waals surface area contributed by atoms with E-state index in [1.54, 1.807) is 11.1 Å². The van der Waals surface area contributed by atoms with Gasteiger partial charge < -0.3 is 10.2 Å². The lowest BCUT2D eigenvalue weighted by atomic mass is 9.49. The van der Waals surface area contributed by atoms with E-state index >= 15 is 0 Å². The van der Waals surface area contributed by atoms with E-state index in [0.717, 1.165) is 19.3 Å². The molecule has 2 heteroatoms. The van der Waals surface area contributed by atoms with Gasteiger partial charge in [0.25, 0.3) is 0 Å². The first-order valence-corrected chi connectivity index (χ1v) is 9.21. The fourth-order valence-electron chi connectivity index (χ4n) is 5.34. The Morgan fingerprint density at radius 2 is 1.86 bits per heavy atom. The number of fused-ring (bicyclic) bond motifs is 1. The van der Waals surface area contributed by atoms with Crippen molar-refractivity contribution in [3.63, 3.8) is 0 Å². The molecule has 2 aliphatic rings. The van der Waals surface area contributed by atoms with Crippen LogP contribution in [0.4, 0.5) is 0 Å². The summed E-state index contributed by atoms with van der Waals surface area (Å²) in [7, 11) is 0. The topological polar surface area (TPSA) is 40.5 Å². The van der Waals surface area contributed by atoms with Crippen molar-refractivity contribution in [3.05, 3.63) is 11.1 Å². The van der Waals surface area contributed by atoms with Gasteiger partial charge in [-0.25, -0.2) is 0 Å². The van der Waals surface area contributed by atoms with Crippen LogP contribution in [0.3, 0.4) is 0 Å². The van der Waals surface area contributed by atoms with Gasteiger partial charge >= 0.3 is 0 Å². The minimum Gasteiger partial charge on any atom is -0.396 e. The summed E-state index contributed by atoms with van der Waals surface area (Å²) in [5.41, 5.74) is 3.57. The average molecular weight is 309 g/mol. The van der Waals surface area contributed by atoms with Gasteiger partial charge in [0.2, 0.25) is 0 Å². The van der Waals surface area contributed by atoms with Crippen LogP contribution in [0.2, 0.25) is 0 Å². The van der Waals surface area contributed by atoms with Gasteiger partial charge in [0.15, 0.2) is 0 Å². The first-order chi connectivity index (χ1) is 10.2. The molecule has 0 aliphatic heterocycles. The summed E-state index contributed by atoms with van der Waals surface area (Å²) in [6.07, 6.45) is 7.59. The Hall–Kier alpha value is -0.340. The van der Waals surface area contributed by atoms with Crippen molar-refractivity contribution < 1.29 is 10.2 Å². The Bertz CT molecular complexity index is 423. The third-order valence-corrected chi connectivity index (χ3v) is 6.98. The van der Waals surface area contributed by atoms with Gasteiger partial charge in [-0.3, -0.25) is 0 Å². The van der Waals surface area contributed by atoms with Crippen LogP contribution in [-0.2, 0) is 0 Å². The van der Waals surface area contributed by atoms with E-state index in [2.05, 4.69) is 34.6 Å². The van der Waals surface area contributed by atoms with Crippen LogP contribution in [0.15, 0.2) is 11.1 Å². The van der Waals surface area contributed by atoms with Crippen LogP contribution in [-0.4, -0.2) is 22.9 Å². The highest BCUT2D eigenvalue weighted by atomic mass is 16.3. The van der Waals surface area contributed by atoms with Gasteiger partial charge in [0.05, 0.1) is 6.10 Å². The third kappa shape index (κ3) is 3.14. The first kappa shape index (κ1) is 18.0. The monoisotopic (exact) mass is 308 g/mol. The highest BCUT2D eigenvalue weighted by molar-refractivity contribution is 5.28. The summed E-state index contributed by atoms with van der Waals surface area (Å²) in [6.45, 7) is 11.9. The number of aliphatic hydroxyl groups excluding tert-OH is 2. The molecule has 0 saturated heterocycles. The van der Waals surface area contributed by atoms with E-state index in [-0.39, 0.29) is 16.9 Å². The number of rotatable bonds is 5. The summed E-state index contributed by atoms with van der Waals surface area (Å²) in [5, 5.41) is 19.6.